The molecule has 0 aromatic carbocycles. The van der Waals surface area contributed by atoms with Crippen LogP contribution in [0.1, 0.15) is 36.3 Å². The Bertz CT molecular complexity index is 340. The molecule has 7 nitrogen and oxygen atoms in total. The minimum Gasteiger partial charge on any atom is -0.394 e. The lowest BCUT2D eigenvalue weighted by Crippen LogP contribution is -2.42. The van der Waals surface area contributed by atoms with Gasteiger partial charge in [0.05, 0.1) is 12.6 Å². The van der Waals surface area contributed by atoms with E-state index in [1.54, 1.807) is 4.90 Å². The number of aromatic amines is 1. The molecule has 2 N–H and O–H groups in total. The van der Waals surface area contributed by atoms with Crippen LogP contribution in [0.2, 0.25) is 0 Å². The van der Waals surface area contributed by atoms with E-state index in [0.717, 1.165) is 25.7 Å². The smallest absolute Gasteiger partial charge is 0.295 e. The lowest BCUT2D eigenvalue weighted by atomic mass is 10.1. The number of H-pyrrole nitrogens is 1. The minimum absolute atomic E-state index is 0.0103. The van der Waals surface area contributed by atoms with Crippen LogP contribution in [-0.4, -0.2) is 55.7 Å². The van der Waals surface area contributed by atoms with Crippen LogP contribution in [0.15, 0.2) is 0 Å². The van der Waals surface area contributed by atoms with Crippen LogP contribution in [0.25, 0.3) is 0 Å². The third kappa shape index (κ3) is 2.19. The summed E-state index contributed by atoms with van der Waals surface area (Å²) in [4.78, 5) is 13.7. The van der Waals surface area contributed by atoms with Crippen molar-refractivity contribution in [3.05, 3.63) is 5.82 Å². The quantitative estimate of drug-likeness (QED) is 0.712. The van der Waals surface area contributed by atoms with Crippen LogP contribution in [0.3, 0.4) is 0 Å². The molecule has 88 valence electrons. The van der Waals surface area contributed by atoms with Crippen LogP contribution < -0.4 is 0 Å². The second-order valence-electron chi connectivity index (χ2n) is 3.92. The largest absolute Gasteiger partial charge is 0.394 e. The predicted octanol–water partition coefficient (Wildman–Crippen LogP) is -0.423. The van der Waals surface area contributed by atoms with Gasteiger partial charge in [-0.05, 0) is 18.1 Å². The molecule has 0 bridgehead atoms. The van der Waals surface area contributed by atoms with Crippen molar-refractivity contribution < 1.29 is 9.90 Å². The maximum Gasteiger partial charge on any atom is 0.295 e. The number of nitrogens with one attached hydrogen (secondary N) is 1. The number of aliphatic hydroxyl groups excluding tert-OH is 1. The molecule has 16 heavy (non-hydrogen) atoms. The van der Waals surface area contributed by atoms with E-state index >= 15 is 0 Å². The second-order valence-corrected chi connectivity index (χ2v) is 3.92. The normalized spacial score (nSPS) is 21.8. The van der Waals surface area contributed by atoms with E-state index in [2.05, 4.69) is 20.6 Å². The number of aromatic nitrogens is 4. The molecule has 2 heterocycles. The highest BCUT2D eigenvalue weighted by molar-refractivity contribution is 5.90. The summed E-state index contributed by atoms with van der Waals surface area (Å²) in [6.07, 6.45) is 3.92. The Morgan fingerprint density at radius 1 is 1.50 bits per heavy atom. The van der Waals surface area contributed by atoms with Crippen LogP contribution in [0.5, 0.6) is 0 Å². The number of tetrazole rings is 1. The van der Waals surface area contributed by atoms with Gasteiger partial charge in [-0.3, -0.25) is 4.79 Å². The maximum absolute atomic E-state index is 12.0. The highest BCUT2D eigenvalue weighted by atomic mass is 16.3. The fraction of sp³-hybridized carbons (Fsp3) is 0.778. The van der Waals surface area contributed by atoms with Gasteiger partial charge in [-0.2, -0.15) is 5.21 Å². The highest BCUT2D eigenvalue weighted by Crippen LogP contribution is 2.17. The molecule has 2 rings (SSSR count). The first-order valence-electron chi connectivity index (χ1n) is 5.48. The van der Waals surface area contributed by atoms with Crippen molar-refractivity contribution in [2.75, 3.05) is 13.2 Å². The summed E-state index contributed by atoms with van der Waals surface area (Å²) in [7, 11) is 0. The molecule has 1 atom stereocenters. The molecule has 0 radical (unpaired) electrons. The van der Waals surface area contributed by atoms with Crippen molar-refractivity contribution in [1.29, 1.82) is 0 Å². The lowest BCUT2D eigenvalue weighted by molar-refractivity contribution is 0.0587. The Hall–Kier alpha value is -1.50. The van der Waals surface area contributed by atoms with Gasteiger partial charge in [0.25, 0.3) is 11.7 Å². The van der Waals surface area contributed by atoms with E-state index in [9.17, 15) is 9.90 Å². The van der Waals surface area contributed by atoms with E-state index < -0.39 is 0 Å². The summed E-state index contributed by atoms with van der Waals surface area (Å²) < 4.78 is 0. The number of carbonyl (C=O) groups excluding carboxylic acids is 1. The average molecular weight is 225 g/mol. The number of hydrogen-bond acceptors (Lipinski definition) is 5. The van der Waals surface area contributed by atoms with Gasteiger partial charge < -0.3 is 10.0 Å². The molecule has 1 fully saturated rings. The third-order valence-electron chi connectivity index (χ3n) is 2.89. The minimum atomic E-state index is -0.255. The van der Waals surface area contributed by atoms with Crippen molar-refractivity contribution in [3.8, 4) is 0 Å². The van der Waals surface area contributed by atoms with Crippen molar-refractivity contribution in [3.63, 3.8) is 0 Å². The summed E-state index contributed by atoms with van der Waals surface area (Å²) in [6.45, 7) is 0.641. The molecule has 1 aromatic rings. The third-order valence-corrected chi connectivity index (χ3v) is 2.89. The zero-order chi connectivity index (χ0) is 11.4. The first-order chi connectivity index (χ1) is 7.83. The van der Waals surface area contributed by atoms with Gasteiger partial charge >= 0.3 is 0 Å². The molecular weight excluding hydrogens is 210 g/mol. The van der Waals surface area contributed by atoms with Crippen LogP contribution >= 0.6 is 0 Å². The second kappa shape index (κ2) is 5.02. The number of likely N-dealkylation sites (tertiary alicyclic amines) is 1. The summed E-state index contributed by atoms with van der Waals surface area (Å²) in [5.41, 5.74) is 0. The average Bonchev–Trinajstić information content (AvgIpc) is 2.73. The number of aliphatic hydroxyl groups is 1. The van der Waals surface area contributed by atoms with Crippen LogP contribution in [-0.2, 0) is 0 Å². The van der Waals surface area contributed by atoms with Gasteiger partial charge in [-0.25, -0.2) is 0 Å². The van der Waals surface area contributed by atoms with Gasteiger partial charge in [0, 0.05) is 6.54 Å². The van der Waals surface area contributed by atoms with E-state index in [1.165, 1.54) is 0 Å². The van der Waals surface area contributed by atoms with Gasteiger partial charge in [0.2, 0.25) is 0 Å². The number of amides is 1. The Morgan fingerprint density at radius 2 is 2.38 bits per heavy atom. The molecule has 1 saturated heterocycles. The van der Waals surface area contributed by atoms with Crippen molar-refractivity contribution >= 4 is 5.91 Å². The van der Waals surface area contributed by atoms with Gasteiger partial charge in [-0.1, -0.05) is 12.8 Å². The Kier molecular flexibility index (Phi) is 3.45. The molecule has 1 aliphatic rings. The summed E-state index contributed by atoms with van der Waals surface area (Å²) in [6, 6.07) is -0.117. The maximum atomic E-state index is 12.0. The van der Waals surface area contributed by atoms with Crippen molar-refractivity contribution in [1.82, 2.24) is 25.5 Å². The van der Waals surface area contributed by atoms with E-state index in [4.69, 9.17) is 0 Å². The summed E-state index contributed by atoms with van der Waals surface area (Å²) in [5.74, 6) is -0.185. The molecule has 1 amide bonds. The van der Waals surface area contributed by atoms with Gasteiger partial charge in [0.1, 0.15) is 0 Å². The lowest BCUT2D eigenvalue weighted by Gasteiger charge is -2.27. The molecule has 0 saturated carbocycles. The fourth-order valence-corrected chi connectivity index (χ4v) is 2.02. The Balaban J connectivity index is 2.13. The zero-order valence-corrected chi connectivity index (χ0v) is 8.96. The van der Waals surface area contributed by atoms with Crippen molar-refractivity contribution in [2.45, 2.75) is 31.7 Å². The topological polar surface area (TPSA) is 95.0 Å². The Morgan fingerprint density at radius 3 is 3.06 bits per heavy atom. The molecular formula is C9H15N5O2. The molecule has 1 aromatic heterocycles. The van der Waals surface area contributed by atoms with E-state index in [-0.39, 0.29) is 24.4 Å². The SMILES string of the molecule is O=C(c1nn[nH]n1)N1CCCCCC1CO. The van der Waals surface area contributed by atoms with E-state index in [1.807, 2.05) is 0 Å². The molecule has 0 spiro atoms. The van der Waals surface area contributed by atoms with Gasteiger partial charge in [-0.15, -0.1) is 10.2 Å². The molecule has 7 heteroatoms. The number of hydrogen-bond donors (Lipinski definition) is 2. The van der Waals surface area contributed by atoms with Crippen LogP contribution in [0, 0.1) is 0 Å². The Labute approximate surface area is 92.8 Å². The first-order valence-corrected chi connectivity index (χ1v) is 5.48. The molecule has 0 aliphatic carbocycles. The molecule has 1 aliphatic heterocycles. The number of carbonyl (C=O) groups is 1. The number of rotatable bonds is 2. The summed E-state index contributed by atoms with van der Waals surface area (Å²) in [5, 5.41) is 22.2. The van der Waals surface area contributed by atoms with Crippen molar-refractivity contribution in [2.24, 2.45) is 0 Å². The van der Waals surface area contributed by atoms with Gasteiger partial charge in [0.15, 0.2) is 0 Å². The molecule has 1 unspecified atom stereocenters. The zero-order valence-electron chi connectivity index (χ0n) is 8.96. The van der Waals surface area contributed by atoms with Crippen LogP contribution in [0.4, 0.5) is 0 Å². The monoisotopic (exact) mass is 225 g/mol. The summed E-state index contributed by atoms with van der Waals surface area (Å²) >= 11 is 0. The van der Waals surface area contributed by atoms with E-state index in [0.29, 0.717) is 6.54 Å². The predicted molar refractivity (Wildman–Crippen MR) is 54.6 cm³/mol. The standard InChI is InChI=1S/C9H15N5O2/c15-6-7-4-2-1-3-5-14(7)9(16)8-10-12-13-11-8/h7,15H,1-6H2,(H,10,11,12,13). The highest BCUT2D eigenvalue weighted by Gasteiger charge is 2.27. The fourth-order valence-electron chi connectivity index (χ4n) is 2.02. The number of nitrogens with zero attached hydrogens (tertiary/aromatic N) is 4. The first kappa shape index (κ1) is 11.0.